The van der Waals surface area contributed by atoms with Gasteiger partial charge < -0.3 is 24.8 Å². The van der Waals surface area contributed by atoms with Crippen LogP contribution in [0.15, 0.2) is 0 Å². The average Bonchev–Trinajstić information content (AvgIpc) is 2.25. The summed E-state index contributed by atoms with van der Waals surface area (Å²) in [5.41, 5.74) is -2.16. The molecule has 22 heavy (non-hydrogen) atoms. The minimum atomic E-state index is -1.50. The van der Waals surface area contributed by atoms with Crippen molar-refractivity contribution >= 4 is 18.2 Å². The molecule has 2 aliphatic rings. The summed E-state index contributed by atoms with van der Waals surface area (Å²) >= 11 is 0. The normalized spacial score (nSPS) is 20.4. The Bertz CT molecular complexity index is 474. The molecule has 2 fully saturated rings. The molecule has 0 spiro atoms. The van der Waals surface area contributed by atoms with E-state index in [2.05, 4.69) is 5.32 Å². The fourth-order valence-corrected chi connectivity index (χ4v) is 2.19. The van der Waals surface area contributed by atoms with Gasteiger partial charge in [0.05, 0.1) is 13.1 Å². The van der Waals surface area contributed by atoms with Gasteiger partial charge in [-0.1, -0.05) is 0 Å². The molecule has 0 unspecified atom stereocenters. The number of aliphatic carboxylic acids is 1. The number of hydrogen-bond donors (Lipinski definition) is 2. The number of nitrogens with one attached hydrogen (secondary N) is 1. The highest BCUT2D eigenvalue weighted by atomic mass is 16.6. The first-order valence-electron chi connectivity index (χ1n) is 7.31. The molecule has 1 saturated heterocycles. The molecule has 0 bridgehead atoms. The van der Waals surface area contributed by atoms with E-state index in [9.17, 15) is 19.5 Å². The molecule has 0 atom stereocenters. The molecule has 1 heterocycles. The predicted molar refractivity (Wildman–Crippen MR) is 75.4 cm³/mol. The number of carbonyl (C=O) groups is 3. The van der Waals surface area contributed by atoms with Gasteiger partial charge in [-0.3, -0.25) is 0 Å². The minimum absolute atomic E-state index is 0.132. The van der Waals surface area contributed by atoms with Gasteiger partial charge in [-0.25, -0.2) is 14.4 Å². The minimum Gasteiger partial charge on any atom is -0.479 e. The van der Waals surface area contributed by atoms with Gasteiger partial charge in [0.25, 0.3) is 0 Å². The van der Waals surface area contributed by atoms with Crippen LogP contribution in [-0.4, -0.2) is 58.5 Å². The Balaban J connectivity index is 1.88. The quantitative estimate of drug-likeness (QED) is 0.814. The van der Waals surface area contributed by atoms with Crippen molar-refractivity contribution in [1.29, 1.82) is 0 Å². The van der Waals surface area contributed by atoms with E-state index in [1.807, 2.05) is 0 Å². The standard InChI is InChI=1S/C14H22N2O6/c1-13(2,3)22-12(20)16-7-14(8-16,10(17)18)15-11(19)21-9-5-4-6-9/h9H,4-8H2,1-3H3,(H,15,19)(H,17,18). The van der Waals surface area contributed by atoms with Crippen LogP contribution in [0, 0.1) is 0 Å². The van der Waals surface area contributed by atoms with Crippen molar-refractivity contribution in [3.8, 4) is 0 Å². The molecule has 0 aromatic heterocycles. The van der Waals surface area contributed by atoms with E-state index in [4.69, 9.17) is 9.47 Å². The third-order valence-corrected chi connectivity index (χ3v) is 3.65. The molecular weight excluding hydrogens is 292 g/mol. The smallest absolute Gasteiger partial charge is 0.410 e. The zero-order chi connectivity index (χ0) is 16.5. The molecule has 8 heteroatoms. The zero-order valence-electron chi connectivity index (χ0n) is 13.0. The van der Waals surface area contributed by atoms with E-state index in [0.29, 0.717) is 0 Å². The number of carboxylic acid groups (broad SMARTS) is 1. The largest absolute Gasteiger partial charge is 0.479 e. The van der Waals surface area contributed by atoms with Gasteiger partial charge in [-0.05, 0) is 40.0 Å². The van der Waals surface area contributed by atoms with Gasteiger partial charge in [0, 0.05) is 0 Å². The first-order chi connectivity index (χ1) is 10.1. The number of carboxylic acids is 1. The molecule has 0 radical (unpaired) electrons. The van der Waals surface area contributed by atoms with Gasteiger partial charge in [0.15, 0.2) is 5.54 Å². The van der Waals surface area contributed by atoms with Gasteiger partial charge in [0.1, 0.15) is 11.7 Å². The number of alkyl carbamates (subject to hydrolysis) is 1. The molecule has 0 aromatic rings. The van der Waals surface area contributed by atoms with E-state index in [1.165, 1.54) is 4.90 Å². The third-order valence-electron chi connectivity index (χ3n) is 3.65. The van der Waals surface area contributed by atoms with Crippen molar-refractivity contribution < 1.29 is 29.0 Å². The zero-order valence-corrected chi connectivity index (χ0v) is 13.0. The van der Waals surface area contributed by atoms with Gasteiger partial charge >= 0.3 is 18.2 Å². The second-order valence-electron chi connectivity index (χ2n) is 6.81. The van der Waals surface area contributed by atoms with E-state index in [-0.39, 0.29) is 19.2 Å². The Hall–Kier alpha value is -1.99. The number of amides is 2. The van der Waals surface area contributed by atoms with Crippen LogP contribution in [0.5, 0.6) is 0 Å². The summed E-state index contributed by atoms with van der Waals surface area (Å²) in [5, 5.41) is 11.7. The van der Waals surface area contributed by atoms with Crippen LogP contribution in [0.25, 0.3) is 0 Å². The SMILES string of the molecule is CC(C)(C)OC(=O)N1CC(NC(=O)OC2CCC2)(C(=O)O)C1. The number of hydrogen-bond acceptors (Lipinski definition) is 5. The lowest BCUT2D eigenvalue weighted by Gasteiger charge is -2.46. The van der Waals surface area contributed by atoms with E-state index in [0.717, 1.165) is 19.3 Å². The van der Waals surface area contributed by atoms with Gasteiger partial charge in [0.2, 0.25) is 0 Å². The molecule has 2 rings (SSSR count). The Kier molecular flexibility index (Phi) is 4.21. The lowest BCUT2D eigenvalue weighted by Crippen LogP contribution is -2.75. The molecule has 1 aliphatic heterocycles. The third kappa shape index (κ3) is 3.61. The highest BCUT2D eigenvalue weighted by Crippen LogP contribution is 2.26. The molecule has 1 saturated carbocycles. The molecule has 2 amide bonds. The fraction of sp³-hybridized carbons (Fsp3) is 0.786. The number of ether oxygens (including phenoxy) is 2. The Morgan fingerprint density at radius 3 is 2.23 bits per heavy atom. The van der Waals surface area contributed by atoms with Crippen molar-refractivity contribution in [2.24, 2.45) is 0 Å². The maximum atomic E-state index is 11.8. The Morgan fingerprint density at radius 2 is 1.82 bits per heavy atom. The fourth-order valence-electron chi connectivity index (χ4n) is 2.19. The maximum absolute atomic E-state index is 11.8. The number of carbonyl (C=O) groups excluding carboxylic acids is 2. The van der Waals surface area contributed by atoms with Crippen LogP contribution in [0.2, 0.25) is 0 Å². The molecule has 124 valence electrons. The highest BCUT2D eigenvalue weighted by molar-refractivity contribution is 5.88. The first-order valence-corrected chi connectivity index (χ1v) is 7.31. The van der Waals surface area contributed by atoms with Crippen LogP contribution >= 0.6 is 0 Å². The summed E-state index contributed by atoms with van der Waals surface area (Å²) in [4.78, 5) is 36.2. The average molecular weight is 314 g/mol. The number of likely N-dealkylation sites (tertiary alicyclic amines) is 1. The summed E-state index contributed by atoms with van der Waals surface area (Å²) in [7, 11) is 0. The molecular formula is C14H22N2O6. The molecule has 2 N–H and O–H groups in total. The number of rotatable bonds is 3. The maximum Gasteiger partial charge on any atom is 0.410 e. The highest BCUT2D eigenvalue weighted by Gasteiger charge is 2.54. The first kappa shape index (κ1) is 16.4. The molecule has 8 nitrogen and oxygen atoms in total. The van der Waals surface area contributed by atoms with Crippen molar-refractivity contribution in [3.05, 3.63) is 0 Å². The summed E-state index contributed by atoms with van der Waals surface area (Å²) in [6, 6.07) is 0. The second-order valence-corrected chi connectivity index (χ2v) is 6.81. The molecule has 1 aliphatic carbocycles. The van der Waals surface area contributed by atoms with Gasteiger partial charge in [-0.2, -0.15) is 0 Å². The lowest BCUT2D eigenvalue weighted by atomic mass is 9.90. The van der Waals surface area contributed by atoms with E-state index in [1.54, 1.807) is 20.8 Å². The lowest BCUT2D eigenvalue weighted by molar-refractivity contribution is -0.151. The van der Waals surface area contributed by atoms with Crippen molar-refractivity contribution in [3.63, 3.8) is 0 Å². The summed E-state index contributed by atoms with van der Waals surface area (Å²) in [6.45, 7) is 4.89. The molecule has 0 aromatic carbocycles. The van der Waals surface area contributed by atoms with Crippen molar-refractivity contribution in [2.75, 3.05) is 13.1 Å². The summed E-state index contributed by atoms with van der Waals surface area (Å²) in [5.74, 6) is -1.20. The summed E-state index contributed by atoms with van der Waals surface area (Å²) in [6.07, 6.45) is 1.13. The predicted octanol–water partition coefficient (Wildman–Crippen LogP) is 1.34. The Labute approximate surface area is 128 Å². The monoisotopic (exact) mass is 314 g/mol. The number of nitrogens with zero attached hydrogens (tertiary/aromatic N) is 1. The summed E-state index contributed by atoms with van der Waals surface area (Å²) < 4.78 is 10.3. The van der Waals surface area contributed by atoms with E-state index < -0.39 is 29.3 Å². The second kappa shape index (κ2) is 5.66. The van der Waals surface area contributed by atoms with Crippen LogP contribution in [-0.2, 0) is 14.3 Å². The van der Waals surface area contributed by atoms with Crippen molar-refractivity contribution in [2.45, 2.75) is 57.3 Å². The van der Waals surface area contributed by atoms with E-state index >= 15 is 0 Å². The Morgan fingerprint density at radius 1 is 1.23 bits per heavy atom. The van der Waals surface area contributed by atoms with Crippen molar-refractivity contribution in [1.82, 2.24) is 10.2 Å². The van der Waals surface area contributed by atoms with Crippen LogP contribution < -0.4 is 5.32 Å². The topological polar surface area (TPSA) is 105 Å². The van der Waals surface area contributed by atoms with Gasteiger partial charge in [-0.15, -0.1) is 0 Å². The van der Waals surface area contributed by atoms with Crippen LogP contribution in [0.1, 0.15) is 40.0 Å². The van der Waals surface area contributed by atoms with Crippen LogP contribution in [0.4, 0.5) is 9.59 Å². The van der Waals surface area contributed by atoms with Crippen LogP contribution in [0.3, 0.4) is 0 Å².